The van der Waals surface area contributed by atoms with Crippen molar-refractivity contribution < 1.29 is 0 Å². The van der Waals surface area contributed by atoms with Crippen LogP contribution in [0.4, 0.5) is 0 Å². The van der Waals surface area contributed by atoms with Crippen LogP contribution in [0, 0.1) is 6.92 Å². The molecule has 128 valence electrons. The monoisotopic (exact) mass is 356 g/mol. The van der Waals surface area contributed by atoms with Gasteiger partial charge in [0.05, 0.1) is 0 Å². The van der Waals surface area contributed by atoms with Gasteiger partial charge in [-0.1, -0.05) is 71.3 Å². The summed E-state index contributed by atoms with van der Waals surface area (Å²) in [4.78, 5) is 0. The number of hydrogen-bond donors (Lipinski definition) is 0. The minimum absolute atomic E-state index is 0.847. The Morgan fingerprint density at radius 2 is 1.65 bits per heavy atom. The van der Waals surface area contributed by atoms with Gasteiger partial charge in [0.2, 0.25) is 0 Å². The number of rotatable bonds is 1. The van der Waals surface area contributed by atoms with E-state index in [1.54, 1.807) is 5.57 Å². The molecule has 0 N–H and O–H groups in total. The Kier molecular flexibility index (Phi) is 3.76. The SMILES string of the molecule is Cc1ccc(-c2cc(Cl)c3ccc4c(c3c2)CCC2=C4C=CCC2)cc1. The average molecular weight is 357 g/mol. The standard InChI is InChI=1S/C25H21Cl/c1-16-6-8-17(9-7-16)19-14-24-22-11-10-18-4-2-3-5-20(18)21(22)12-13-23(24)25(26)15-19/h3,5-9,12-15H,2,4,10-11H2,1H3. The minimum Gasteiger partial charge on any atom is -0.0836 e. The van der Waals surface area contributed by atoms with Crippen molar-refractivity contribution in [2.24, 2.45) is 0 Å². The van der Waals surface area contributed by atoms with Crippen LogP contribution in [-0.4, -0.2) is 0 Å². The van der Waals surface area contributed by atoms with Crippen LogP contribution in [0.15, 0.2) is 66.3 Å². The largest absolute Gasteiger partial charge is 0.0836 e. The van der Waals surface area contributed by atoms with E-state index >= 15 is 0 Å². The lowest BCUT2D eigenvalue weighted by Crippen LogP contribution is -2.07. The number of halogens is 1. The van der Waals surface area contributed by atoms with E-state index < -0.39 is 0 Å². The second-order valence-electron chi connectivity index (χ2n) is 7.47. The van der Waals surface area contributed by atoms with Crippen LogP contribution in [0.25, 0.3) is 27.5 Å². The summed E-state index contributed by atoms with van der Waals surface area (Å²) in [5, 5.41) is 3.33. The molecule has 0 unspecified atom stereocenters. The van der Waals surface area contributed by atoms with Crippen molar-refractivity contribution in [3.8, 4) is 11.1 Å². The molecule has 0 saturated carbocycles. The predicted molar refractivity (Wildman–Crippen MR) is 113 cm³/mol. The highest BCUT2D eigenvalue weighted by atomic mass is 35.5. The van der Waals surface area contributed by atoms with Crippen molar-refractivity contribution in [1.29, 1.82) is 0 Å². The average Bonchev–Trinajstić information content (AvgIpc) is 2.68. The first-order valence-corrected chi connectivity index (χ1v) is 9.79. The maximum atomic E-state index is 6.70. The van der Waals surface area contributed by atoms with E-state index in [0.29, 0.717) is 0 Å². The fourth-order valence-electron chi connectivity index (χ4n) is 4.41. The summed E-state index contributed by atoms with van der Waals surface area (Å²) in [5.41, 5.74) is 9.66. The maximum Gasteiger partial charge on any atom is 0.0490 e. The molecule has 0 atom stereocenters. The van der Waals surface area contributed by atoms with E-state index in [9.17, 15) is 0 Å². The van der Waals surface area contributed by atoms with Crippen molar-refractivity contribution in [2.75, 3.05) is 0 Å². The Balaban J connectivity index is 1.74. The van der Waals surface area contributed by atoms with Gasteiger partial charge in [-0.05, 0) is 78.0 Å². The molecule has 3 aromatic carbocycles. The van der Waals surface area contributed by atoms with E-state index in [1.807, 2.05) is 0 Å². The highest BCUT2D eigenvalue weighted by Crippen LogP contribution is 2.42. The summed E-state index contributed by atoms with van der Waals surface area (Å²) in [6.45, 7) is 2.12. The summed E-state index contributed by atoms with van der Waals surface area (Å²) < 4.78 is 0. The topological polar surface area (TPSA) is 0 Å². The molecule has 0 heterocycles. The van der Waals surface area contributed by atoms with Crippen LogP contribution in [0.3, 0.4) is 0 Å². The van der Waals surface area contributed by atoms with Gasteiger partial charge in [0.15, 0.2) is 0 Å². The summed E-state index contributed by atoms with van der Waals surface area (Å²) in [6, 6.07) is 17.6. The lowest BCUT2D eigenvalue weighted by Gasteiger charge is -2.26. The second kappa shape index (κ2) is 6.14. The lowest BCUT2D eigenvalue weighted by atomic mass is 9.79. The first-order chi connectivity index (χ1) is 12.7. The van der Waals surface area contributed by atoms with Gasteiger partial charge in [-0.3, -0.25) is 0 Å². The van der Waals surface area contributed by atoms with Crippen LogP contribution in [-0.2, 0) is 6.42 Å². The van der Waals surface area contributed by atoms with E-state index in [0.717, 1.165) is 11.4 Å². The van der Waals surface area contributed by atoms with Gasteiger partial charge in [0.1, 0.15) is 0 Å². The zero-order chi connectivity index (χ0) is 17.7. The predicted octanol–water partition coefficient (Wildman–Crippen LogP) is 7.52. The zero-order valence-corrected chi connectivity index (χ0v) is 15.7. The van der Waals surface area contributed by atoms with Crippen LogP contribution in [0.1, 0.15) is 36.0 Å². The van der Waals surface area contributed by atoms with Crippen LogP contribution >= 0.6 is 11.6 Å². The maximum absolute atomic E-state index is 6.70. The van der Waals surface area contributed by atoms with Gasteiger partial charge in [0, 0.05) is 10.4 Å². The number of hydrogen-bond acceptors (Lipinski definition) is 0. The smallest absolute Gasteiger partial charge is 0.0490 e. The highest BCUT2D eigenvalue weighted by molar-refractivity contribution is 6.36. The second-order valence-corrected chi connectivity index (χ2v) is 7.88. The molecule has 26 heavy (non-hydrogen) atoms. The summed E-state index contributed by atoms with van der Waals surface area (Å²) in [6.07, 6.45) is 9.34. The van der Waals surface area contributed by atoms with Crippen molar-refractivity contribution in [3.63, 3.8) is 0 Å². The van der Waals surface area contributed by atoms with Crippen LogP contribution in [0.5, 0.6) is 0 Å². The lowest BCUT2D eigenvalue weighted by molar-refractivity contribution is 0.831. The van der Waals surface area contributed by atoms with Gasteiger partial charge < -0.3 is 0 Å². The Morgan fingerprint density at radius 1 is 0.808 bits per heavy atom. The molecular weight excluding hydrogens is 336 g/mol. The van der Waals surface area contributed by atoms with Gasteiger partial charge in [0.25, 0.3) is 0 Å². The minimum atomic E-state index is 0.847. The van der Waals surface area contributed by atoms with Gasteiger partial charge in [-0.2, -0.15) is 0 Å². The molecule has 0 spiro atoms. The third-order valence-electron chi connectivity index (χ3n) is 5.83. The summed E-state index contributed by atoms with van der Waals surface area (Å²) in [7, 11) is 0. The van der Waals surface area contributed by atoms with Crippen molar-refractivity contribution in [2.45, 2.75) is 32.6 Å². The van der Waals surface area contributed by atoms with Crippen molar-refractivity contribution >= 4 is 27.9 Å². The fraction of sp³-hybridized carbons (Fsp3) is 0.200. The zero-order valence-electron chi connectivity index (χ0n) is 15.0. The number of allylic oxidation sites excluding steroid dienone is 4. The molecule has 0 fully saturated rings. The normalized spacial score (nSPS) is 15.9. The molecular formula is C25H21Cl. The Morgan fingerprint density at radius 3 is 2.50 bits per heavy atom. The first-order valence-electron chi connectivity index (χ1n) is 9.42. The molecule has 3 aromatic rings. The molecule has 0 radical (unpaired) electrons. The molecule has 1 heteroatoms. The van der Waals surface area contributed by atoms with Crippen molar-refractivity contribution in [1.82, 2.24) is 0 Å². The Labute approximate surface area is 159 Å². The molecule has 0 nitrogen and oxygen atoms in total. The first kappa shape index (κ1) is 15.9. The third-order valence-corrected chi connectivity index (χ3v) is 6.14. The van der Waals surface area contributed by atoms with Crippen LogP contribution < -0.4 is 0 Å². The summed E-state index contributed by atoms with van der Waals surface area (Å²) >= 11 is 6.70. The van der Waals surface area contributed by atoms with Crippen molar-refractivity contribution in [3.05, 3.63) is 88.0 Å². The van der Waals surface area contributed by atoms with E-state index in [4.69, 9.17) is 11.6 Å². The molecule has 0 bridgehead atoms. The summed E-state index contributed by atoms with van der Waals surface area (Å²) in [5.74, 6) is 0. The van der Waals surface area contributed by atoms with E-state index in [-0.39, 0.29) is 0 Å². The highest BCUT2D eigenvalue weighted by Gasteiger charge is 2.21. The molecule has 0 aromatic heterocycles. The Bertz CT molecular complexity index is 1080. The number of fused-ring (bicyclic) bond motifs is 4. The third kappa shape index (κ3) is 2.52. The quantitative estimate of drug-likeness (QED) is 0.423. The van der Waals surface area contributed by atoms with Crippen LogP contribution in [0.2, 0.25) is 5.02 Å². The van der Waals surface area contributed by atoms with E-state index in [1.165, 1.54) is 63.4 Å². The number of aryl methyl sites for hydroxylation is 2. The van der Waals surface area contributed by atoms with Gasteiger partial charge in [-0.15, -0.1) is 0 Å². The molecule has 0 amide bonds. The molecule has 5 rings (SSSR count). The number of benzene rings is 3. The molecule has 0 aliphatic heterocycles. The van der Waals surface area contributed by atoms with Gasteiger partial charge in [-0.25, -0.2) is 0 Å². The Hall–Kier alpha value is -2.31. The molecule has 0 saturated heterocycles. The van der Waals surface area contributed by atoms with Gasteiger partial charge >= 0.3 is 0 Å². The van der Waals surface area contributed by atoms with E-state index in [2.05, 4.69) is 67.6 Å². The fourth-order valence-corrected chi connectivity index (χ4v) is 4.69. The molecule has 2 aliphatic carbocycles. The molecule has 2 aliphatic rings.